The summed E-state index contributed by atoms with van der Waals surface area (Å²) in [4.78, 5) is 34.8. The molecule has 0 aliphatic carbocycles. The second-order valence-electron chi connectivity index (χ2n) is 8.00. The summed E-state index contributed by atoms with van der Waals surface area (Å²) in [6, 6.07) is 9.48. The molecule has 32 heavy (non-hydrogen) atoms. The van der Waals surface area contributed by atoms with Gasteiger partial charge >= 0.3 is 0 Å². The van der Waals surface area contributed by atoms with Crippen molar-refractivity contribution < 1.29 is 4.79 Å². The van der Waals surface area contributed by atoms with Crippen molar-refractivity contribution >= 4 is 28.6 Å². The van der Waals surface area contributed by atoms with Crippen LogP contribution in [0.15, 0.2) is 55.2 Å². The summed E-state index contributed by atoms with van der Waals surface area (Å²) in [6.07, 6.45) is 6.96. The van der Waals surface area contributed by atoms with E-state index in [1.165, 1.54) is 0 Å². The number of piperazine rings is 1. The fraction of sp³-hybridized carbons (Fsp3) is 0.261. The minimum Gasteiger partial charge on any atom is -0.354 e. The number of carbonyl (C=O) groups excluding carboxylic acids is 1. The number of nitrogens with zero attached hydrogens (tertiary/aromatic N) is 7. The Morgan fingerprint density at radius 1 is 1.00 bits per heavy atom. The van der Waals surface area contributed by atoms with Crippen molar-refractivity contribution in [2.75, 3.05) is 43.4 Å². The van der Waals surface area contributed by atoms with Crippen LogP contribution in [0, 0.1) is 0 Å². The maximum atomic E-state index is 12.9. The van der Waals surface area contributed by atoms with Gasteiger partial charge in [0.05, 0.1) is 23.7 Å². The number of aromatic nitrogens is 5. The van der Waals surface area contributed by atoms with Crippen LogP contribution in [0.1, 0.15) is 10.4 Å². The number of imidazole rings is 1. The van der Waals surface area contributed by atoms with E-state index in [-0.39, 0.29) is 11.9 Å². The Kier molecular flexibility index (Phi) is 5.24. The van der Waals surface area contributed by atoms with Gasteiger partial charge in [-0.2, -0.15) is 0 Å². The first-order chi connectivity index (χ1) is 15.6. The predicted molar refractivity (Wildman–Crippen MR) is 124 cm³/mol. The van der Waals surface area contributed by atoms with E-state index in [9.17, 15) is 4.79 Å². The summed E-state index contributed by atoms with van der Waals surface area (Å²) in [7, 11) is 4.06. The van der Waals surface area contributed by atoms with Crippen LogP contribution in [0.3, 0.4) is 0 Å². The van der Waals surface area contributed by atoms with E-state index in [0.717, 1.165) is 54.2 Å². The Morgan fingerprint density at radius 2 is 1.84 bits per heavy atom. The lowest BCUT2D eigenvalue weighted by atomic mass is 10.1. The highest BCUT2D eigenvalue weighted by Crippen LogP contribution is 2.23. The van der Waals surface area contributed by atoms with Crippen molar-refractivity contribution in [2.45, 2.75) is 0 Å². The fourth-order valence-corrected chi connectivity index (χ4v) is 3.82. The zero-order valence-corrected chi connectivity index (χ0v) is 18.1. The van der Waals surface area contributed by atoms with Crippen LogP contribution in [0.2, 0.25) is 0 Å². The molecule has 162 valence electrons. The van der Waals surface area contributed by atoms with Crippen LogP contribution in [0.25, 0.3) is 22.2 Å². The highest BCUT2D eigenvalue weighted by atomic mass is 16.1. The van der Waals surface area contributed by atoms with Gasteiger partial charge in [-0.05, 0) is 25.2 Å². The highest BCUT2D eigenvalue weighted by Gasteiger charge is 2.17. The molecule has 9 heteroatoms. The van der Waals surface area contributed by atoms with Crippen molar-refractivity contribution in [3.8, 4) is 11.3 Å². The molecule has 1 N–H and O–H groups in total. The number of pyridine rings is 1. The van der Waals surface area contributed by atoms with E-state index in [1.807, 2.05) is 42.1 Å². The fourth-order valence-electron chi connectivity index (χ4n) is 3.82. The molecule has 0 unspecified atom stereocenters. The van der Waals surface area contributed by atoms with Crippen molar-refractivity contribution in [1.82, 2.24) is 29.4 Å². The van der Waals surface area contributed by atoms with Crippen LogP contribution in [-0.2, 0) is 7.05 Å². The number of fused-ring (bicyclic) bond motifs is 1. The summed E-state index contributed by atoms with van der Waals surface area (Å²) < 4.78 is 1.95. The van der Waals surface area contributed by atoms with E-state index >= 15 is 0 Å². The standard InChI is InChI=1S/C23H24N8O/c1-29-7-9-31(10-8-29)21-12-17(5-6-25-21)22(32)28-23-26-13-18-4-3-16(11-19(18)27-23)20-14-24-15-30(20)2/h3-6,11-15H,7-10H2,1-2H3,(H,26,27,28,32). The Labute approximate surface area is 185 Å². The number of nitrogens with one attached hydrogen (secondary N) is 1. The number of likely N-dealkylation sites (N-methyl/N-ethyl adjacent to an activating group) is 1. The zero-order chi connectivity index (χ0) is 22.1. The second kappa shape index (κ2) is 8.35. The summed E-state index contributed by atoms with van der Waals surface area (Å²) in [5, 5.41) is 3.72. The first kappa shape index (κ1) is 20.1. The van der Waals surface area contributed by atoms with Crippen molar-refractivity contribution in [3.63, 3.8) is 0 Å². The molecular weight excluding hydrogens is 404 g/mol. The Balaban J connectivity index is 1.36. The second-order valence-corrected chi connectivity index (χ2v) is 8.00. The Morgan fingerprint density at radius 3 is 2.62 bits per heavy atom. The number of benzene rings is 1. The largest absolute Gasteiger partial charge is 0.354 e. The van der Waals surface area contributed by atoms with Gasteiger partial charge < -0.3 is 14.4 Å². The molecule has 1 amide bonds. The zero-order valence-electron chi connectivity index (χ0n) is 18.1. The molecule has 1 saturated heterocycles. The maximum Gasteiger partial charge on any atom is 0.258 e. The van der Waals surface area contributed by atoms with Crippen molar-refractivity contribution in [2.24, 2.45) is 7.05 Å². The third kappa shape index (κ3) is 4.02. The number of amides is 1. The quantitative estimate of drug-likeness (QED) is 0.534. The first-order valence-electron chi connectivity index (χ1n) is 10.5. The van der Waals surface area contributed by atoms with Gasteiger partial charge in [0.15, 0.2) is 0 Å². The van der Waals surface area contributed by atoms with E-state index < -0.39 is 0 Å². The molecule has 1 aliphatic heterocycles. The van der Waals surface area contributed by atoms with Crippen molar-refractivity contribution in [3.05, 3.63) is 60.8 Å². The molecule has 4 aromatic rings. The van der Waals surface area contributed by atoms with Gasteiger partial charge in [-0.15, -0.1) is 0 Å². The average molecular weight is 429 g/mol. The maximum absolute atomic E-state index is 12.9. The Hall–Kier alpha value is -3.85. The number of hydrogen-bond donors (Lipinski definition) is 1. The van der Waals surface area contributed by atoms with Gasteiger partial charge in [0.1, 0.15) is 5.82 Å². The monoisotopic (exact) mass is 428 g/mol. The molecule has 0 spiro atoms. The molecule has 1 aromatic carbocycles. The summed E-state index contributed by atoms with van der Waals surface area (Å²) >= 11 is 0. The number of aryl methyl sites for hydroxylation is 1. The topological polar surface area (TPSA) is 92.1 Å². The molecule has 4 heterocycles. The van der Waals surface area contributed by atoms with Gasteiger partial charge in [0.2, 0.25) is 5.95 Å². The molecule has 0 bridgehead atoms. The van der Waals surface area contributed by atoms with E-state index in [4.69, 9.17) is 0 Å². The van der Waals surface area contributed by atoms with E-state index in [0.29, 0.717) is 5.56 Å². The highest BCUT2D eigenvalue weighted by molar-refractivity contribution is 6.04. The minimum absolute atomic E-state index is 0.259. The van der Waals surface area contributed by atoms with Gasteiger partial charge in [0, 0.05) is 62.1 Å². The van der Waals surface area contributed by atoms with Crippen molar-refractivity contribution in [1.29, 1.82) is 0 Å². The van der Waals surface area contributed by atoms with Crippen LogP contribution >= 0.6 is 0 Å². The van der Waals surface area contributed by atoms with Crippen LogP contribution < -0.4 is 10.2 Å². The molecule has 1 aliphatic rings. The SMILES string of the molecule is CN1CCN(c2cc(C(=O)Nc3ncc4ccc(-c5cncn5C)cc4n3)ccn2)CC1. The lowest BCUT2D eigenvalue weighted by Crippen LogP contribution is -2.44. The van der Waals surface area contributed by atoms with E-state index in [1.54, 1.807) is 24.8 Å². The third-order valence-corrected chi connectivity index (χ3v) is 5.76. The summed E-state index contributed by atoms with van der Waals surface area (Å²) in [5.74, 6) is 0.818. The number of hydrogen-bond acceptors (Lipinski definition) is 7. The first-order valence-corrected chi connectivity index (χ1v) is 10.5. The van der Waals surface area contributed by atoms with Gasteiger partial charge in [-0.1, -0.05) is 12.1 Å². The molecular formula is C23H24N8O. The normalized spacial score (nSPS) is 14.6. The van der Waals surface area contributed by atoms with Crippen LogP contribution in [0.5, 0.6) is 0 Å². The smallest absolute Gasteiger partial charge is 0.258 e. The minimum atomic E-state index is -0.259. The number of rotatable bonds is 4. The van der Waals surface area contributed by atoms with Gasteiger partial charge in [0.25, 0.3) is 5.91 Å². The molecule has 5 rings (SSSR count). The molecule has 0 radical (unpaired) electrons. The molecule has 3 aromatic heterocycles. The molecule has 9 nitrogen and oxygen atoms in total. The summed E-state index contributed by atoms with van der Waals surface area (Å²) in [6.45, 7) is 3.73. The van der Waals surface area contributed by atoms with Crippen LogP contribution in [-0.4, -0.2) is 68.5 Å². The Bertz CT molecular complexity index is 1280. The van der Waals surface area contributed by atoms with Crippen LogP contribution in [0.4, 0.5) is 11.8 Å². The predicted octanol–water partition coefficient (Wildman–Crippen LogP) is 2.43. The molecule has 0 atom stereocenters. The molecule has 1 fully saturated rings. The summed E-state index contributed by atoms with van der Waals surface area (Å²) in [5.41, 5.74) is 3.27. The van der Waals surface area contributed by atoms with Gasteiger partial charge in [-0.25, -0.2) is 19.9 Å². The van der Waals surface area contributed by atoms with E-state index in [2.05, 4.69) is 42.1 Å². The average Bonchev–Trinajstić information content (AvgIpc) is 3.25. The lowest BCUT2D eigenvalue weighted by Gasteiger charge is -2.33. The molecule has 0 saturated carbocycles. The lowest BCUT2D eigenvalue weighted by molar-refractivity contribution is 0.102. The third-order valence-electron chi connectivity index (χ3n) is 5.76. The number of anilines is 2. The number of carbonyl (C=O) groups is 1. The van der Waals surface area contributed by atoms with Gasteiger partial charge in [-0.3, -0.25) is 10.1 Å².